The Morgan fingerprint density at radius 3 is 2.47 bits per heavy atom. The van der Waals surface area contributed by atoms with E-state index in [1.165, 1.54) is 0 Å². The van der Waals surface area contributed by atoms with Crippen molar-refractivity contribution in [2.24, 2.45) is 4.99 Å². The molecular weight excluding hydrogens is 374 g/mol. The van der Waals surface area contributed by atoms with Gasteiger partial charge in [-0.25, -0.2) is 4.79 Å². The first-order chi connectivity index (χ1) is 14.3. The fourth-order valence-corrected chi connectivity index (χ4v) is 2.28. The van der Waals surface area contributed by atoms with E-state index in [-0.39, 0.29) is 6.61 Å². The third kappa shape index (κ3) is 9.73. The highest BCUT2D eigenvalue weighted by atomic mass is 16.5. The highest BCUT2D eigenvalue weighted by Gasteiger charge is 2.05. The number of aliphatic imine (C=N–C) groups is 1. The summed E-state index contributed by atoms with van der Waals surface area (Å²) in [4.78, 5) is 16.2. The van der Waals surface area contributed by atoms with Gasteiger partial charge in [-0.1, -0.05) is 62.2 Å². The van der Waals surface area contributed by atoms with E-state index in [4.69, 9.17) is 4.74 Å². The molecule has 30 heavy (non-hydrogen) atoms. The summed E-state index contributed by atoms with van der Waals surface area (Å²) >= 11 is 0. The van der Waals surface area contributed by atoms with E-state index in [1.54, 1.807) is 7.05 Å². The number of likely N-dealkylation sites (N-methyl/N-ethyl adjacent to an activating group) is 1. The number of benzene rings is 1. The van der Waals surface area contributed by atoms with Gasteiger partial charge in [0.1, 0.15) is 6.61 Å². The topological polar surface area (TPSA) is 62.7 Å². The summed E-state index contributed by atoms with van der Waals surface area (Å²) in [5.74, 6) is 0. The molecule has 2 N–H and O–H groups in total. The minimum atomic E-state index is -0.405. The van der Waals surface area contributed by atoms with Crippen molar-refractivity contribution in [2.45, 2.75) is 32.8 Å². The van der Waals surface area contributed by atoms with Crippen LogP contribution in [0.2, 0.25) is 0 Å². The van der Waals surface area contributed by atoms with E-state index < -0.39 is 6.09 Å². The number of allylic oxidation sites excluding steroid dienone is 3. The van der Waals surface area contributed by atoms with Crippen molar-refractivity contribution in [1.29, 1.82) is 0 Å². The van der Waals surface area contributed by atoms with E-state index >= 15 is 0 Å². The average molecular weight is 408 g/mol. The largest absolute Gasteiger partial charge is 0.445 e. The zero-order valence-corrected chi connectivity index (χ0v) is 18.2. The second-order valence-electron chi connectivity index (χ2n) is 6.84. The van der Waals surface area contributed by atoms with E-state index in [1.807, 2.05) is 49.5 Å². The lowest BCUT2D eigenvalue weighted by Gasteiger charge is -2.10. The summed E-state index contributed by atoms with van der Waals surface area (Å²) in [6.45, 7) is 18.6. The molecule has 1 rings (SSSR count). The molecule has 0 heterocycles. The second kappa shape index (κ2) is 13.8. The summed E-state index contributed by atoms with van der Waals surface area (Å²) in [5, 5.41) is 5.74. The molecule has 0 aliphatic rings. The number of rotatable bonds is 13. The molecule has 0 saturated carbocycles. The summed E-state index contributed by atoms with van der Waals surface area (Å²) in [6, 6.07) is 9.59. The molecule has 1 aromatic carbocycles. The average Bonchev–Trinajstić information content (AvgIpc) is 2.75. The van der Waals surface area contributed by atoms with Crippen LogP contribution >= 0.6 is 0 Å². The van der Waals surface area contributed by atoms with Gasteiger partial charge in [-0.3, -0.25) is 4.99 Å². The van der Waals surface area contributed by atoms with Gasteiger partial charge in [0.05, 0.1) is 5.70 Å². The molecule has 0 spiro atoms. The lowest BCUT2D eigenvalue weighted by atomic mass is 10.1. The number of hydrogen-bond acceptors (Lipinski definition) is 4. The van der Waals surface area contributed by atoms with Crippen LogP contribution in [-0.2, 0) is 11.3 Å². The molecule has 5 heteroatoms. The number of carbonyl (C=O) groups is 1. The van der Waals surface area contributed by atoms with Crippen LogP contribution < -0.4 is 10.6 Å². The molecule has 0 bridgehead atoms. The van der Waals surface area contributed by atoms with Gasteiger partial charge in [-0.15, -0.1) is 0 Å². The number of carbonyl (C=O) groups excluding carboxylic acids is 1. The van der Waals surface area contributed by atoms with Gasteiger partial charge in [-0.05, 0) is 43.4 Å². The van der Waals surface area contributed by atoms with Crippen LogP contribution in [0.1, 0.15) is 31.7 Å². The van der Waals surface area contributed by atoms with Crippen LogP contribution in [-0.4, -0.2) is 25.9 Å². The van der Waals surface area contributed by atoms with Crippen molar-refractivity contribution < 1.29 is 9.53 Å². The van der Waals surface area contributed by atoms with E-state index in [0.717, 1.165) is 36.0 Å². The minimum absolute atomic E-state index is 0.270. The van der Waals surface area contributed by atoms with Crippen molar-refractivity contribution >= 4 is 12.3 Å². The summed E-state index contributed by atoms with van der Waals surface area (Å²) in [6.07, 6.45) is 5.78. The first-order valence-corrected chi connectivity index (χ1v) is 9.95. The van der Waals surface area contributed by atoms with Gasteiger partial charge >= 0.3 is 6.09 Å². The number of alkyl carbamates (subject to hydrolysis) is 1. The monoisotopic (exact) mass is 407 g/mol. The van der Waals surface area contributed by atoms with Gasteiger partial charge in [0.2, 0.25) is 0 Å². The van der Waals surface area contributed by atoms with E-state index in [2.05, 4.69) is 41.9 Å². The van der Waals surface area contributed by atoms with Crippen molar-refractivity contribution in [3.63, 3.8) is 0 Å². The molecular formula is C25H33N3O2. The maximum Gasteiger partial charge on any atom is 0.407 e. The zero-order valence-electron chi connectivity index (χ0n) is 18.2. The summed E-state index contributed by atoms with van der Waals surface area (Å²) in [5.41, 5.74) is 4.74. The van der Waals surface area contributed by atoms with Crippen molar-refractivity contribution in [1.82, 2.24) is 10.6 Å². The van der Waals surface area contributed by atoms with Gasteiger partial charge in [-0.2, -0.15) is 0 Å². The Morgan fingerprint density at radius 1 is 1.13 bits per heavy atom. The maximum absolute atomic E-state index is 11.7. The van der Waals surface area contributed by atoms with Crippen molar-refractivity contribution in [3.05, 3.63) is 96.4 Å². The van der Waals surface area contributed by atoms with Crippen LogP contribution in [0.15, 0.2) is 95.8 Å². The molecule has 0 saturated heterocycles. The Morgan fingerprint density at radius 2 is 1.83 bits per heavy atom. The molecule has 1 aromatic rings. The summed E-state index contributed by atoms with van der Waals surface area (Å²) in [7, 11) is 1.79. The third-order valence-electron chi connectivity index (χ3n) is 4.31. The fraction of sp³-hybridized carbons (Fsp3) is 0.280. The van der Waals surface area contributed by atoms with Crippen molar-refractivity contribution in [2.75, 3.05) is 13.6 Å². The normalized spacial score (nSPS) is 11.1. The number of hydrogen-bond donors (Lipinski definition) is 2. The predicted octanol–water partition coefficient (Wildman–Crippen LogP) is 5.46. The lowest BCUT2D eigenvalue weighted by Crippen LogP contribution is -2.25. The van der Waals surface area contributed by atoms with Gasteiger partial charge in [0.25, 0.3) is 0 Å². The molecule has 1 amide bonds. The third-order valence-corrected chi connectivity index (χ3v) is 4.31. The van der Waals surface area contributed by atoms with Crippen LogP contribution in [0.25, 0.3) is 0 Å². The van der Waals surface area contributed by atoms with E-state index in [0.29, 0.717) is 23.5 Å². The van der Waals surface area contributed by atoms with Gasteiger partial charge in [0, 0.05) is 31.1 Å². The second-order valence-corrected chi connectivity index (χ2v) is 6.84. The number of nitrogens with one attached hydrogen (secondary N) is 2. The molecule has 0 fully saturated rings. The Kier molecular flexibility index (Phi) is 11.3. The quantitative estimate of drug-likeness (QED) is 0.259. The molecule has 0 unspecified atom stereocenters. The molecule has 0 aliphatic heterocycles. The molecule has 0 atom stereocenters. The molecule has 5 nitrogen and oxygen atoms in total. The van der Waals surface area contributed by atoms with E-state index in [9.17, 15) is 4.79 Å². The molecule has 0 aliphatic carbocycles. The minimum Gasteiger partial charge on any atom is -0.445 e. The Bertz CT molecular complexity index is 820. The van der Waals surface area contributed by atoms with Crippen LogP contribution in [0.3, 0.4) is 0 Å². The van der Waals surface area contributed by atoms with Crippen LogP contribution in [0.4, 0.5) is 4.79 Å². The molecule has 160 valence electrons. The number of nitrogens with zero attached hydrogens (tertiary/aromatic N) is 1. The van der Waals surface area contributed by atoms with Crippen molar-refractivity contribution in [3.8, 4) is 0 Å². The van der Waals surface area contributed by atoms with Gasteiger partial charge in [0.15, 0.2) is 0 Å². The fourth-order valence-electron chi connectivity index (χ4n) is 2.28. The summed E-state index contributed by atoms with van der Waals surface area (Å²) < 4.78 is 5.18. The number of unbranched alkanes of at least 4 members (excludes halogenated alkanes) is 2. The highest BCUT2D eigenvalue weighted by molar-refractivity contribution is 5.67. The first kappa shape index (κ1) is 24.7. The Labute approximate surface area is 180 Å². The number of ether oxygens (including phenoxy) is 1. The Balaban J connectivity index is 2.37. The smallest absolute Gasteiger partial charge is 0.407 e. The SMILES string of the molecule is C=C(C)C(=C)/C=C(/N=CCCCCNC(=O)OCc1ccccc1)C(=C)C(=C)NC. The first-order valence-electron chi connectivity index (χ1n) is 9.95. The maximum atomic E-state index is 11.7. The molecule has 0 aromatic heterocycles. The predicted molar refractivity (Wildman–Crippen MR) is 126 cm³/mol. The van der Waals surface area contributed by atoms with Crippen LogP contribution in [0, 0.1) is 0 Å². The standard InChI is InChI=1S/C25H33N3O2/c1-19(2)20(3)17-24(21(4)22(5)26-6)27-15-11-8-12-16-28-25(29)30-18-23-13-9-7-10-14-23/h7,9-10,13-15,17,26H,1,3-5,8,11-12,16,18H2,2,6H3,(H,28,29)/b24-17+,27-15?. The molecule has 0 radical (unpaired) electrons. The van der Waals surface area contributed by atoms with Crippen LogP contribution in [0.5, 0.6) is 0 Å². The zero-order chi connectivity index (χ0) is 22.4. The lowest BCUT2D eigenvalue weighted by molar-refractivity contribution is 0.139. The highest BCUT2D eigenvalue weighted by Crippen LogP contribution is 2.19. The van der Waals surface area contributed by atoms with Gasteiger partial charge < -0.3 is 15.4 Å². The Hall–Kier alpha value is -3.34. The number of amides is 1.